The standard InChI is InChI=1S/C29H50N2O5S/c1-20(2)12-10-13-22(5)14-11-15-23(6)16-17-37-19-25(27(33)34)30-26(32)24(18-21(3)4)31-28(35)36-29(7,8)9/h12,14,16,21,24-25H,10-11,13,15,17-19H2,1-9H3,(H,30,32)(H,31,35)(H,33,34). The number of carboxylic acid groups (broad SMARTS) is 1. The van der Waals surface area contributed by atoms with Crippen LogP contribution in [0.2, 0.25) is 0 Å². The molecule has 0 radical (unpaired) electrons. The number of carbonyl (C=O) groups is 3. The van der Waals surface area contributed by atoms with Crippen molar-refractivity contribution >= 4 is 29.7 Å². The van der Waals surface area contributed by atoms with Crippen molar-refractivity contribution in [2.45, 2.75) is 112 Å². The third-order valence-electron chi connectivity index (χ3n) is 5.29. The third-order valence-corrected chi connectivity index (χ3v) is 6.26. The second-order valence-corrected chi connectivity index (χ2v) is 12.3. The van der Waals surface area contributed by atoms with Crippen LogP contribution in [0.3, 0.4) is 0 Å². The molecule has 8 heteroatoms. The predicted octanol–water partition coefficient (Wildman–Crippen LogP) is 6.65. The first-order valence-corrected chi connectivity index (χ1v) is 14.3. The van der Waals surface area contributed by atoms with Gasteiger partial charge in [0.25, 0.3) is 0 Å². The number of carboxylic acids is 1. The molecule has 0 aliphatic carbocycles. The van der Waals surface area contributed by atoms with Crippen LogP contribution in [0.25, 0.3) is 0 Å². The molecule has 0 bridgehead atoms. The topological polar surface area (TPSA) is 105 Å². The summed E-state index contributed by atoms with van der Waals surface area (Å²) in [5.74, 6) is -0.607. The molecule has 0 aliphatic heterocycles. The Morgan fingerprint density at radius 2 is 1.46 bits per heavy atom. The normalized spacial score (nSPS) is 14.1. The molecular formula is C29H50N2O5S. The van der Waals surface area contributed by atoms with Gasteiger partial charge in [-0.1, -0.05) is 48.8 Å². The number of ether oxygens (including phenoxy) is 1. The largest absolute Gasteiger partial charge is 0.480 e. The third kappa shape index (κ3) is 19.5. The van der Waals surface area contributed by atoms with Crippen molar-refractivity contribution in [3.05, 3.63) is 34.9 Å². The first-order valence-electron chi connectivity index (χ1n) is 13.2. The van der Waals surface area contributed by atoms with Crippen molar-refractivity contribution in [3.8, 4) is 0 Å². The fourth-order valence-electron chi connectivity index (χ4n) is 3.33. The Morgan fingerprint density at radius 1 is 0.892 bits per heavy atom. The van der Waals surface area contributed by atoms with Crippen LogP contribution in [0, 0.1) is 5.92 Å². The zero-order chi connectivity index (χ0) is 28.6. The molecule has 2 amide bonds. The lowest BCUT2D eigenvalue weighted by Gasteiger charge is -2.25. The van der Waals surface area contributed by atoms with E-state index in [1.165, 1.54) is 28.5 Å². The van der Waals surface area contributed by atoms with E-state index >= 15 is 0 Å². The van der Waals surface area contributed by atoms with Crippen molar-refractivity contribution in [1.82, 2.24) is 10.6 Å². The Hall–Kier alpha value is -2.22. The van der Waals surface area contributed by atoms with Gasteiger partial charge in [0.05, 0.1) is 0 Å². The fraction of sp³-hybridized carbons (Fsp3) is 0.690. The van der Waals surface area contributed by atoms with Crippen LogP contribution in [0.4, 0.5) is 4.79 Å². The molecule has 0 spiro atoms. The molecule has 2 unspecified atom stereocenters. The highest BCUT2D eigenvalue weighted by atomic mass is 32.2. The highest BCUT2D eigenvalue weighted by molar-refractivity contribution is 7.99. The van der Waals surface area contributed by atoms with Gasteiger partial charge in [0.2, 0.25) is 5.91 Å². The maximum atomic E-state index is 12.8. The second-order valence-electron chi connectivity index (χ2n) is 11.2. The maximum Gasteiger partial charge on any atom is 0.408 e. The van der Waals surface area contributed by atoms with E-state index in [2.05, 4.69) is 56.6 Å². The van der Waals surface area contributed by atoms with E-state index in [-0.39, 0.29) is 11.7 Å². The SMILES string of the molecule is CC(C)=CCCC(C)=CCCC(C)=CCSCC(NC(=O)C(CC(C)C)NC(=O)OC(C)(C)C)C(=O)O. The highest BCUT2D eigenvalue weighted by Crippen LogP contribution is 2.14. The maximum absolute atomic E-state index is 12.8. The molecule has 3 N–H and O–H groups in total. The van der Waals surface area contributed by atoms with Gasteiger partial charge < -0.3 is 20.5 Å². The Balaban J connectivity index is 4.76. The number of amides is 2. The van der Waals surface area contributed by atoms with Crippen LogP contribution in [-0.2, 0) is 14.3 Å². The van der Waals surface area contributed by atoms with Crippen LogP contribution >= 0.6 is 11.8 Å². The van der Waals surface area contributed by atoms with E-state index in [4.69, 9.17) is 4.74 Å². The number of thioether (sulfide) groups is 1. The summed E-state index contributed by atoms with van der Waals surface area (Å²) in [6, 6.07) is -1.92. The molecular weight excluding hydrogens is 488 g/mol. The van der Waals surface area contributed by atoms with Gasteiger partial charge in [0.15, 0.2) is 0 Å². The first-order chi connectivity index (χ1) is 17.1. The van der Waals surface area contributed by atoms with Crippen LogP contribution in [0.15, 0.2) is 34.9 Å². The minimum Gasteiger partial charge on any atom is -0.480 e. The van der Waals surface area contributed by atoms with Gasteiger partial charge in [0, 0.05) is 11.5 Å². The summed E-state index contributed by atoms with van der Waals surface area (Å²) in [7, 11) is 0. The van der Waals surface area contributed by atoms with Crippen molar-refractivity contribution in [1.29, 1.82) is 0 Å². The summed E-state index contributed by atoms with van der Waals surface area (Å²) < 4.78 is 5.26. The quantitative estimate of drug-likeness (QED) is 0.150. The molecule has 0 aromatic heterocycles. The molecule has 37 heavy (non-hydrogen) atoms. The van der Waals surface area contributed by atoms with E-state index < -0.39 is 35.7 Å². The van der Waals surface area contributed by atoms with Crippen LogP contribution in [0.5, 0.6) is 0 Å². The van der Waals surface area contributed by atoms with E-state index in [9.17, 15) is 19.5 Å². The number of carbonyl (C=O) groups excluding carboxylic acids is 2. The average Bonchev–Trinajstić information content (AvgIpc) is 2.73. The molecule has 0 heterocycles. The Kier molecular flexibility index (Phi) is 17.0. The van der Waals surface area contributed by atoms with Gasteiger partial charge in [0.1, 0.15) is 17.7 Å². The summed E-state index contributed by atoms with van der Waals surface area (Å²) in [6.45, 7) is 17.6. The lowest BCUT2D eigenvalue weighted by molar-refractivity contribution is -0.141. The van der Waals surface area contributed by atoms with Gasteiger partial charge in [-0.25, -0.2) is 9.59 Å². The molecule has 0 fully saturated rings. The van der Waals surface area contributed by atoms with Crippen molar-refractivity contribution in [2.24, 2.45) is 5.92 Å². The molecule has 2 atom stereocenters. The van der Waals surface area contributed by atoms with Crippen molar-refractivity contribution < 1.29 is 24.2 Å². The van der Waals surface area contributed by atoms with E-state index in [1.54, 1.807) is 20.8 Å². The lowest BCUT2D eigenvalue weighted by atomic mass is 10.0. The van der Waals surface area contributed by atoms with Crippen molar-refractivity contribution in [3.63, 3.8) is 0 Å². The molecule has 7 nitrogen and oxygen atoms in total. The van der Waals surface area contributed by atoms with Gasteiger partial charge >= 0.3 is 12.1 Å². The minimum absolute atomic E-state index is 0.118. The number of allylic oxidation sites excluding steroid dienone is 5. The molecule has 0 saturated carbocycles. The van der Waals surface area contributed by atoms with Crippen LogP contribution in [0.1, 0.15) is 94.4 Å². The molecule has 0 aromatic rings. The Morgan fingerprint density at radius 3 is 1.97 bits per heavy atom. The molecule has 212 valence electrons. The number of hydrogen-bond acceptors (Lipinski definition) is 5. The van der Waals surface area contributed by atoms with E-state index in [0.29, 0.717) is 12.2 Å². The predicted molar refractivity (Wildman–Crippen MR) is 155 cm³/mol. The van der Waals surface area contributed by atoms with Crippen molar-refractivity contribution in [2.75, 3.05) is 11.5 Å². The second kappa shape index (κ2) is 18.1. The minimum atomic E-state index is -1.10. The van der Waals surface area contributed by atoms with Gasteiger partial charge in [-0.2, -0.15) is 11.8 Å². The zero-order valence-corrected chi connectivity index (χ0v) is 25.2. The van der Waals surface area contributed by atoms with Gasteiger partial charge in [-0.05, 0) is 86.5 Å². The summed E-state index contributed by atoms with van der Waals surface area (Å²) >= 11 is 1.46. The molecule has 0 saturated heterocycles. The smallest absolute Gasteiger partial charge is 0.408 e. The number of nitrogens with one attached hydrogen (secondary N) is 2. The molecule has 0 rings (SSSR count). The number of alkyl carbamates (subject to hydrolysis) is 1. The van der Waals surface area contributed by atoms with Gasteiger partial charge in [-0.15, -0.1) is 0 Å². The fourth-order valence-corrected chi connectivity index (χ4v) is 4.33. The van der Waals surface area contributed by atoms with Gasteiger partial charge in [-0.3, -0.25) is 4.79 Å². The summed E-state index contributed by atoms with van der Waals surface area (Å²) in [5, 5.41) is 14.8. The number of rotatable bonds is 16. The molecule has 0 aromatic carbocycles. The van der Waals surface area contributed by atoms with Crippen LogP contribution < -0.4 is 10.6 Å². The molecule has 0 aliphatic rings. The van der Waals surface area contributed by atoms with Crippen LogP contribution in [-0.4, -0.2) is 52.3 Å². The van der Waals surface area contributed by atoms with E-state index in [0.717, 1.165) is 25.7 Å². The zero-order valence-electron chi connectivity index (χ0n) is 24.4. The Bertz CT molecular complexity index is 821. The average molecular weight is 539 g/mol. The highest BCUT2D eigenvalue weighted by Gasteiger charge is 2.28. The first kappa shape index (κ1) is 34.8. The monoisotopic (exact) mass is 538 g/mol. The Labute approximate surface area is 229 Å². The summed E-state index contributed by atoms with van der Waals surface area (Å²) in [6.07, 6.45) is 10.4. The summed E-state index contributed by atoms with van der Waals surface area (Å²) in [5.41, 5.74) is 3.31. The number of hydrogen-bond donors (Lipinski definition) is 3. The lowest BCUT2D eigenvalue weighted by Crippen LogP contribution is -2.53. The number of aliphatic carboxylic acids is 1. The summed E-state index contributed by atoms with van der Waals surface area (Å²) in [4.78, 5) is 36.8. The van der Waals surface area contributed by atoms with E-state index in [1.807, 2.05) is 13.8 Å².